The summed E-state index contributed by atoms with van der Waals surface area (Å²) in [6, 6.07) is 0.436. The van der Waals surface area contributed by atoms with Gasteiger partial charge >= 0.3 is 5.97 Å². The largest absolute Gasteiger partial charge is 0.466 e. The Hall–Kier alpha value is -0.900. The fourth-order valence-corrected chi connectivity index (χ4v) is 1.79. The zero-order chi connectivity index (χ0) is 12.1. The van der Waals surface area contributed by atoms with E-state index in [4.69, 9.17) is 4.74 Å². The van der Waals surface area contributed by atoms with Gasteiger partial charge in [-0.25, -0.2) is 0 Å². The van der Waals surface area contributed by atoms with E-state index in [1.807, 2.05) is 11.9 Å². The second kappa shape index (κ2) is 5.99. The molecule has 1 saturated carbocycles. The topological polar surface area (TPSA) is 46.6 Å². The molecular weight excluding hydrogens is 206 g/mol. The van der Waals surface area contributed by atoms with Crippen LogP contribution in [0.1, 0.15) is 33.1 Å². The van der Waals surface area contributed by atoms with Crippen LogP contribution in [0.15, 0.2) is 0 Å². The van der Waals surface area contributed by atoms with Gasteiger partial charge in [0.15, 0.2) is 5.78 Å². The highest BCUT2D eigenvalue weighted by atomic mass is 16.5. The molecule has 0 aliphatic heterocycles. The molecule has 0 aromatic heterocycles. The molecule has 16 heavy (non-hydrogen) atoms. The van der Waals surface area contributed by atoms with Crippen molar-refractivity contribution in [1.82, 2.24) is 4.90 Å². The van der Waals surface area contributed by atoms with Gasteiger partial charge in [-0.3, -0.25) is 14.5 Å². The van der Waals surface area contributed by atoms with Crippen molar-refractivity contribution in [1.29, 1.82) is 0 Å². The van der Waals surface area contributed by atoms with Crippen LogP contribution < -0.4 is 0 Å². The first-order valence-electron chi connectivity index (χ1n) is 5.92. The molecule has 0 aromatic carbocycles. The number of ether oxygens (including phenoxy) is 1. The van der Waals surface area contributed by atoms with Gasteiger partial charge in [0.25, 0.3) is 0 Å². The van der Waals surface area contributed by atoms with Gasteiger partial charge in [0.1, 0.15) is 6.42 Å². The van der Waals surface area contributed by atoms with E-state index in [1.165, 1.54) is 12.8 Å². The molecule has 0 saturated heterocycles. The molecule has 0 radical (unpaired) electrons. The zero-order valence-corrected chi connectivity index (χ0v) is 10.4. The Kier molecular flexibility index (Phi) is 4.93. The number of nitrogens with zero attached hydrogens (tertiary/aromatic N) is 1. The highest BCUT2D eigenvalue weighted by Crippen LogP contribution is 2.34. The molecule has 0 bridgehead atoms. The van der Waals surface area contributed by atoms with Gasteiger partial charge in [-0.05, 0) is 39.7 Å². The number of carbonyl (C=O) groups is 2. The van der Waals surface area contributed by atoms with Crippen LogP contribution in [0, 0.1) is 5.92 Å². The molecule has 4 heteroatoms. The molecule has 0 N–H and O–H groups in total. The smallest absolute Gasteiger partial charge is 0.313 e. The molecule has 1 atom stereocenters. The van der Waals surface area contributed by atoms with Crippen LogP contribution in [0.5, 0.6) is 0 Å². The normalized spacial score (nSPS) is 17.2. The molecule has 0 spiro atoms. The SMILES string of the molecule is CCOC(=O)CC(=O)CN(C)C(C)C1CC1. The third-order valence-corrected chi connectivity index (χ3v) is 3.07. The van der Waals surface area contributed by atoms with E-state index >= 15 is 0 Å². The number of Topliss-reactive ketones (excluding diaryl/α,β-unsaturated/α-hetero) is 1. The summed E-state index contributed by atoms with van der Waals surface area (Å²) in [5, 5.41) is 0. The fourth-order valence-electron chi connectivity index (χ4n) is 1.79. The summed E-state index contributed by atoms with van der Waals surface area (Å²) in [6.07, 6.45) is 2.42. The predicted molar refractivity (Wildman–Crippen MR) is 61.1 cm³/mol. The van der Waals surface area contributed by atoms with Gasteiger partial charge in [-0.1, -0.05) is 0 Å². The summed E-state index contributed by atoms with van der Waals surface area (Å²) >= 11 is 0. The van der Waals surface area contributed by atoms with Gasteiger partial charge < -0.3 is 4.74 Å². The van der Waals surface area contributed by atoms with Gasteiger partial charge in [0.05, 0.1) is 13.2 Å². The standard InChI is InChI=1S/C12H21NO3/c1-4-16-12(15)7-11(14)8-13(3)9(2)10-5-6-10/h9-10H,4-8H2,1-3H3. The number of rotatable bonds is 7. The van der Waals surface area contributed by atoms with Gasteiger partial charge in [0.2, 0.25) is 0 Å². The second-order valence-corrected chi connectivity index (χ2v) is 4.51. The Morgan fingerprint density at radius 1 is 1.44 bits per heavy atom. The molecule has 1 rings (SSSR count). The van der Waals surface area contributed by atoms with E-state index in [1.54, 1.807) is 6.92 Å². The van der Waals surface area contributed by atoms with Crippen molar-refractivity contribution in [2.45, 2.75) is 39.2 Å². The molecule has 1 aliphatic rings. The lowest BCUT2D eigenvalue weighted by atomic mass is 10.1. The predicted octanol–water partition coefficient (Wildman–Crippen LogP) is 1.24. The Bertz CT molecular complexity index is 261. The summed E-state index contributed by atoms with van der Waals surface area (Å²) < 4.78 is 4.74. The van der Waals surface area contributed by atoms with E-state index in [-0.39, 0.29) is 12.2 Å². The van der Waals surface area contributed by atoms with Crippen molar-refractivity contribution in [2.24, 2.45) is 5.92 Å². The monoisotopic (exact) mass is 227 g/mol. The summed E-state index contributed by atoms with van der Waals surface area (Å²) in [6.45, 7) is 4.55. The second-order valence-electron chi connectivity index (χ2n) is 4.51. The lowest BCUT2D eigenvalue weighted by Gasteiger charge is -2.23. The maximum atomic E-state index is 11.5. The van der Waals surface area contributed by atoms with Crippen molar-refractivity contribution in [2.75, 3.05) is 20.2 Å². The van der Waals surface area contributed by atoms with Crippen LogP contribution in [-0.2, 0) is 14.3 Å². The number of carbonyl (C=O) groups excluding carboxylic acids is 2. The van der Waals surface area contributed by atoms with E-state index in [2.05, 4.69) is 6.92 Å². The Morgan fingerprint density at radius 3 is 2.56 bits per heavy atom. The molecule has 1 fully saturated rings. The van der Waals surface area contributed by atoms with Crippen molar-refractivity contribution in [3.8, 4) is 0 Å². The number of hydrogen-bond acceptors (Lipinski definition) is 4. The van der Waals surface area contributed by atoms with Gasteiger partial charge in [0, 0.05) is 6.04 Å². The zero-order valence-electron chi connectivity index (χ0n) is 10.4. The molecule has 4 nitrogen and oxygen atoms in total. The van der Waals surface area contributed by atoms with Crippen molar-refractivity contribution < 1.29 is 14.3 Å². The number of hydrogen-bond donors (Lipinski definition) is 0. The molecule has 0 amide bonds. The van der Waals surface area contributed by atoms with E-state index in [0.29, 0.717) is 19.2 Å². The Balaban J connectivity index is 2.24. The highest BCUT2D eigenvalue weighted by molar-refractivity contribution is 5.96. The maximum Gasteiger partial charge on any atom is 0.313 e. The molecule has 1 aliphatic carbocycles. The lowest BCUT2D eigenvalue weighted by molar-refractivity contribution is -0.145. The van der Waals surface area contributed by atoms with Crippen LogP contribution in [0.3, 0.4) is 0 Å². The average molecular weight is 227 g/mol. The van der Waals surface area contributed by atoms with Crippen LogP contribution in [-0.4, -0.2) is 42.9 Å². The quantitative estimate of drug-likeness (QED) is 0.485. The summed E-state index contributed by atoms with van der Waals surface area (Å²) in [4.78, 5) is 24.7. The minimum Gasteiger partial charge on any atom is -0.466 e. The van der Waals surface area contributed by atoms with Crippen molar-refractivity contribution >= 4 is 11.8 Å². The molecule has 0 heterocycles. The number of ketones is 1. The van der Waals surface area contributed by atoms with E-state index in [0.717, 1.165) is 5.92 Å². The highest BCUT2D eigenvalue weighted by Gasteiger charge is 2.31. The van der Waals surface area contributed by atoms with Gasteiger partial charge in [-0.2, -0.15) is 0 Å². The minimum absolute atomic E-state index is 0.0616. The van der Waals surface area contributed by atoms with Crippen molar-refractivity contribution in [3.63, 3.8) is 0 Å². The maximum absolute atomic E-state index is 11.5. The van der Waals surface area contributed by atoms with Crippen molar-refractivity contribution in [3.05, 3.63) is 0 Å². The molecule has 0 aromatic rings. The first kappa shape index (κ1) is 13.2. The first-order valence-corrected chi connectivity index (χ1v) is 5.92. The minimum atomic E-state index is -0.417. The third-order valence-electron chi connectivity index (χ3n) is 3.07. The molecular formula is C12H21NO3. The lowest BCUT2D eigenvalue weighted by Crippen LogP contribution is -2.36. The molecule has 1 unspecified atom stereocenters. The van der Waals surface area contributed by atoms with Crippen LogP contribution >= 0.6 is 0 Å². The van der Waals surface area contributed by atoms with Crippen LogP contribution in [0.2, 0.25) is 0 Å². The first-order chi connectivity index (χ1) is 7.54. The van der Waals surface area contributed by atoms with E-state index < -0.39 is 5.97 Å². The Morgan fingerprint density at radius 2 is 2.06 bits per heavy atom. The molecule has 92 valence electrons. The van der Waals surface area contributed by atoms with Crippen LogP contribution in [0.25, 0.3) is 0 Å². The number of esters is 1. The Labute approximate surface area is 96.9 Å². The summed E-state index contributed by atoms with van der Waals surface area (Å²) in [7, 11) is 1.94. The average Bonchev–Trinajstić information content (AvgIpc) is 2.99. The van der Waals surface area contributed by atoms with Crippen LogP contribution in [0.4, 0.5) is 0 Å². The number of likely N-dealkylation sites (N-methyl/N-ethyl adjacent to an activating group) is 1. The third kappa shape index (κ3) is 4.31. The van der Waals surface area contributed by atoms with E-state index in [9.17, 15) is 9.59 Å². The van der Waals surface area contributed by atoms with Gasteiger partial charge in [-0.15, -0.1) is 0 Å². The summed E-state index contributed by atoms with van der Waals surface area (Å²) in [5.41, 5.74) is 0. The summed E-state index contributed by atoms with van der Waals surface area (Å²) in [5.74, 6) is 0.258. The fraction of sp³-hybridized carbons (Fsp3) is 0.833.